The summed E-state index contributed by atoms with van der Waals surface area (Å²) in [5.41, 5.74) is 0. The van der Waals surface area contributed by atoms with Gasteiger partial charge in [0.25, 0.3) is 0 Å². The SMILES string of the molecule is CCC1CCC(N2CCCCC2CNC)C1. The van der Waals surface area contributed by atoms with E-state index in [1.807, 2.05) is 0 Å². The van der Waals surface area contributed by atoms with Crippen LogP contribution in [0.2, 0.25) is 0 Å². The summed E-state index contributed by atoms with van der Waals surface area (Å²) in [6, 6.07) is 1.72. The molecule has 2 heteroatoms. The third-order valence-corrected chi connectivity index (χ3v) is 4.67. The minimum absolute atomic E-state index is 0.819. The summed E-state index contributed by atoms with van der Waals surface area (Å²) in [6.45, 7) is 4.90. The molecular formula is C14H28N2. The molecule has 0 spiro atoms. The summed E-state index contributed by atoms with van der Waals surface area (Å²) >= 11 is 0. The van der Waals surface area contributed by atoms with Crippen molar-refractivity contribution in [2.45, 2.75) is 64.0 Å². The van der Waals surface area contributed by atoms with Gasteiger partial charge in [-0.15, -0.1) is 0 Å². The fourth-order valence-electron chi connectivity index (χ4n) is 3.68. The van der Waals surface area contributed by atoms with Gasteiger partial charge in [-0.1, -0.05) is 19.8 Å². The Morgan fingerprint density at radius 2 is 2.06 bits per heavy atom. The molecule has 0 radical (unpaired) electrons. The van der Waals surface area contributed by atoms with E-state index in [2.05, 4.69) is 24.2 Å². The van der Waals surface area contributed by atoms with Gasteiger partial charge in [0.2, 0.25) is 0 Å². The Bertz CT molecular complexity index is 203. The lowest BCUT2D eigenvalue weighted by Crippen LogP contribution is -2.49. The van der Waals surface area contributed by atoms with Crippen molar-refractivity contribution in [2.24, 2.45) is 5.92 Å². The Kier molecular flexibility index (Phi) is 4.66. The molecule has 3 atom stereocenters. The molecule has 2 nitrogen and oxygen atoms in total. The van der Waals surface area contributed by atoms with Crippen LogP contribution < -0.4 is 5.32 Å². The number of likely N-dealkylation sites (N-methyl/N-ethyl adjacent to an activating group) is 1. The zero-order valence-electron chi connectivity index (χ0n) is 11.0. The first-order valence-corrected chi connectivity index (χ1v) is 7.25. The highest BCUT2D eigenvalue weighted by Crippen LogP contribution is 2.34. The molecule has 1 aliphatic carbocycles. The summed E-state index contributed by atoms with van der Waals surface area (Å²) in [6.07, 6.45) is 10.1. The van der Waals surface area contributed by atoms with Gasteiger partial charge in [0, 0.05) is 18.6 Å². The van der Waals surface area contributed by atoms with Crippen molar-refractivity contribution in [2.75, 3.05) is 20.1 Å². The van der Waals surface area contributed by atoms with Crippen LogP contribution in [0.5, 0.6) is 0 Å². The van der Waals surface area contributed by atoms with E-state index < -0.39 is 0 Å². The summed E-state index contributed by atoms with van der Waals surface area (Å²) in [5.74, 6) is 1.02. The second-order valence-corrected chi connectivity index (χ2v) is 5.69. The van der Waals surface area contributed by atoms with Crippen LogP contribution in [-0.4, -0.2) is 37.1 Å². The summed E-state index contributed by atoms with van der Waals surface area (Å²) < 4.78 is 0. The number of hydrogen-bond donors (Lipinski definition) is 1. The van der Waals surface area contributed by atoms with E-state index in [0.717, 1.165) is 18.0 Å². The first-order chi connectivity index (χ1) is 7.85. The number of nitrogens with zero attached hydrogens (tertiary/aromatic N) is 1. The molecule has 16 heavy (non-hydrogen) atoms. The average molecular weight is 224 g/mol. The van der Waals surface area contributed by atoms with E-state index in [9.17, 15) is 0 Å². The normalized spacial score (nSPS) is 36.8. The molecule has 1 N–H and O–H groups in total. The van der Waals surface area contributed by atoms with Crippen LogP contribution in [0.15, 0.2) is 0 Å². The van der Waals surface area contributed by atoms with E-state index in [0.29, 0.717) is 0 Å². The fraction of sp³-hybridized carbons (Fsp3) is 1.00. The smallest absolute Gasteiger partial charge is 0.0223 e. The van der Waals surface area contributed by atoms with Gasteiger partial charge in [0.15, 0.2) is 0 Å². The van der Waals surface area contributed by atoms with Gasteiger partial charge in [-0.2, -0.15) is 0 Å². The summed E-state index contributed by atoms with van der Waals surface area (Å²) in [7, 11) is 2.09. The van der Waals surface area contributed by atoms with Gasteiger partial charge in [0.1, 0.15) is 0 Å². The summed E-state index contributed by atoms with van der Waals surface area (Å²) in [4.78, 5) is 2.83. The van der Waals surface area contributed by atoms with E-state index in [1.54, 1.807) is 0 Å². The topological polar surface area (TPSA) is 15.3 Å². The van der Waals surface area contributed by atoms with Crippen molar-refractivity contribution in [3.63, 3.8) is 0 Å². The zero-order chi connectivity index (χ0) is 11.4. The van der Waals surface area contributed by atoms with Gasteiger partial charge in [-0.3, -0.25) is 4.90 Å². The summed E-state index contributed by atoms with van der Waals surface area (Å²) in [5, 5.41) is 3.37. The average Bonchev–Trinajstić information content (AvgIpc) is 2.79. The molecule has 0 aromatic heterocycles. The van der Waals surface area contributed by atoms with Crippen LogP contribution in [0.25, 0.3) is 0 Å². The lowest BCUT2D eigenvalue weighted by Gasteiger charge is -2.40. The van der Waals surface area contributed by atoms with Crippen molar-refractivity contribution < 1.29 is 0 Å². The molecule has 1 saturated heterocycles. The molecule has 3 unspecified atom stereocenters. The van der Waals surface area contributed by atoms with Crippen molar-refractivity contribution in [1.29, 1.82) is 0 Å². The highest BCUT2D eigenvalue weighted by molar-refractivity contribution is 4.88. The maximum Gasteiger partial charge on any atom is 0.0223 e. The molecule has 0 aromatic rings. The molecule has 0 amide bonds. The molecule has 2 aliphatic rings. The van der Waals surface area contributed by atoms with Crippen molar-refractivity contribution in [3.05, 3.63) is 0 Å². The van der Waals surface area contributed by atoms with Crippen LogP contribution in [-0.2, 0) is 0 Å². The highest BCUT2D eigenvalue weighted by Gasteiger charge is 2.33. The monoisotopic (exact) mass is 224 g/mol. The van der Waals surface area contributed by atoms with E-state index in [-0.39, 0.29) is 0 Å². The minimum atomic E-state index is 0.819. The van der Waals surface area contributed by atoms with Crippen LogP contribution in [0.3, 0.4) is 0 Å². The van der Waals surface area contributed by atoms with Crippen molar-refractivity contribution in [1.82, 2.24) is 10.2 Å². The number of hydrogen-bond acceptors (Lipinski definition) is 2. The molecule has 1 heterocycles. The lowest BCUT2D eigenvalue weighted by atomic mass is 9.98. The van der Waals surface area contributed by atoms with Crippen LogP contribution in [0.1, 0.15) is 51.9 Å². The third-order valence-electron chi connectivity index (χ3n) is 4.67. The molecular weight excluding hydrogens is 196 g/mol. The Morgan fingerprint density at radius 1 is 1.19 bits per heavy atom. The third kappa shape index (κ3) is 2.78. The van der Waals surface area contributed by atoms with E-state index in [4.69, 9.17) is 0 Å². The lowest BCUT2D eigenvalue weighted by molar-refractivity contribution is 0.0949. The predicted octanol–water partition coefficient (Wildman–Crippen LogP) is 2.64. The number of nitrogens with one attached hydrogen (secondary N) is 1. The van der Waals surface area contributed by atoms with Gasteiger partial charge in [-0.05, 0) is 51.6 Å². The molecule has 1 aliphatic heterocycles. The van der Waals surface area contributed by atoms with Gasteiger partial charge >= 0.3 is 0 Å². The van der Waals surface area contributed by atoms with E-state index >= 15 is 0 Å². The molecule has 0 bridgehead atoms. The molecule has 0 aromatic carbocycles. The minimum Gasteiger partial charge on any atom is -0.318 e. The Balaban J connectivity index is 1.90. The maximum atomic E-state index is 3.37. The second kappa shape index (κ2) is 6.02. The molecule has 1 saturated carbocycles. The van der Waals surface area contributed by atoms with Crippen LogP contribution in [0.4, 0.5) is 0 Å². The Hall–Kier alpha value is -0.0800. The first-order valence-electron chi connectivity index (χ1n) is 7.25. The Labute approximate surface area is 101 Å². The van der Waals surface area contributed by atoms with Crippen LogP contribution in [0, 0.1) is 5.92 Å². The van der Waals surface area contributed by atoms with Gasteiger partial charge < -0.3 is 5.32 Å². The molecule has 2 fully saturated rings. The first kappa shape index (κ1) is 12.4. The zero-order valence-corrected chi connectivity index (χ0v) is 11.0. The predicted molar refractivity (Wildman–Crippen MR) is 69.7 cm³/mol. The maximum absolute atomic E-state index is 3.37. The molecule has 2 rings (SSSR count). The molecule has 94 valence electrons. The van der Waals surface area contributed by atoms with Gasteiger partial charge in [0.05, 0.1) is 0 Å². The van der Waals surface area contributed by atoms with Crippen LogP contribution >= 0.6 is 0 Å². The largest absolute Gasteiger partial charge is 0.318 e. The number of likely N-dealkylation sites (tertiary alicyclic amines) is 1. The Morgan fingerprint density at radius 3 is 2.75 bits per heavy atom. The quantitative estimate of drug-likeness (QED) is 0.790. The standard InChI is InChI=1S/C14H28N2/c1-3-12-7-8-13(10-12)16-9-5-4-6-14(16)11-15-2/h12-15H,3-11H2,1-2H3. The van der Waals surface area contributed by atoms with E-state index in [1.165, 1.54) is 58.0 Å². The van der Waals surface area contributed by atoms with Crippen molar-refractivity contribution in [3.8, 4) is 0 Å². The fourth-order valence-corrected chi connectivity index (χ4v) is 3.68. The number of rotatable bonds is 4. The highest BCUT2D eigenvalue weighted by atomic mass is 15.2. The number of piperidine rings is 1. The van der Waals surface area contributed by atoms with Gasteiger partial charge in [-0.25, -0.2) is 0 Å². The second-order valence-electron chi connectivity index (χ2n) is 5.69. The van der Waals surface area contributed by atoms with Crippen molar-refractivity contribution >= 4 is 0 Å².